The van der Waals surface area contributed by atoms with E-state index in [9.17, 15) is 4.79 Å². The molecule has 118 valence electrons. The van der Waals surface area contributed by atoms with Gasteiger partial charge >= 0.3 is 0 Å². The van der Waals surface area contributed by atoms with Crippen LogP contribution in [-0.4, -0.2) is 32.7 Å². The summed E-state index contributed by atoms with van der Waals surface area (Å²) < 4.78 is 10.8. The van der Waals surface area contributed by atoms with Gasteiger partial charge in [0.05, 0.1) is 7.11 Å². The van der Waals surface area contributed by atoms with E-state index in [1.807, 2.05) is 32.2 Å². The molecule has 0 radical (unpaired) electrons. The van der Waals surface area contributed by atoms with Crippen molar-refractivity contribution < 1.29 is 14.3 Å². The molecule has 0 heterocycles. The minimum absolute atomic E-state index is 0.0174. The highest BCUT2D eigenvalue weighted by Crippen LogP contribution is 2.28. The van der Waals surface area contributed by atoms with Crippen LogP contribution < -0.4 is 20.1 Å². The number of hydrogen-bond donors (Lipinski definition) is 2. The van der Waals surface area contributed by atoms with Gasteiger partial charge in [0.25, 0.3) is 5.91 Å². The quantitative estimate of drug-likeness (QED) is 0.769. The predicted molar refractivity (Wildman–Crippen MR) is 83.7 cm³/mol. The van der Waals surface area contributed by atoms with Crippen molar-refractivity contribution in [2.75, 3.05) is 20.8 Å². The Labute approximate surface area is 127 Å². The number of carbonyl (C=O) groups excluding carboxylic acids is 1. The highest BCUT2D eigenvalue weighted by molar-refractivity contribution is 5.77. The lowest BCUT2D eigenvalue weighted by molar-refractivity contribution is -0.124. The molecule has 21 heavy (non-hydrogen) atoms. The molecule has 0 fully saturated rings. The molecule has 1 amide bonds. The van der Waals surface area contributed by atoms with Crippen LogP contribution in [0.3, 0.4) is 0 Å². The van der Waals surface area contributed by atoms with Crippen molar-refractivity contribution in [2.24, 2.45) is 5.92 Å². The number of amides is 1. The zero-order valence-corrected chi connectivity index (χ0v) is 13.5. The smallest absolute Gasteiger partial charge is 0.258 e. The summed E-state index contributed by atoms with van der Waals surface area (Å²) in [5.41, 5.74) is 1.07. The minimum Gasteiger partial charge on any atom is -0.493 e. The molecular weight excluding hydrogens is 268 g/mol. The molecular formula is C16H26N2O3. The summed E-state index contributed by atoms with van der Waals surface area (Å²) in [5.74, 6) is 1.47. The summed E-state index contributed by atoms with van der Waals surface area (Å²) >= 11 is 0. The van der Waals surface area contributed by atoms with E-state index in [4.69, 9.17) is 9.47 Å². The van der Waals surface area contributed by atoms with E-state index in [0.717, 1.165) is 12.1 Å². The Balaban J connectivity index is 2.64. The molecule has 1 aromatic rings. The van der Waals surface area contributed by atoms with Crippen LogP contribution >= 0.6 is 0 Å². The standard InChI is InChI=1S/C16H26N2O3/c1-11(2)12(3)18-16(19)10-21-15-8-13(9-17-4)6-7-14(15)20-5/h6-8,11-12,17H,9-10H2,1-5H3,(H,18,19). The Kier molecular flexibility index (Phi) is 7.02. The fourth-order valence-electron chi connectivity index (χ4n) is 1.75. The number of methoxy groups -OCH3 is 1. The molecule has 0 bridgehead atoms. The third-order valence-corrected chi connectivity index (χ3v) is 3.36. The lowest BCUT2D eigenvalue weighted by Gasteiger charge is -2.18. The molecule has 0 aliphatic carbocycles. The summed E-state index contributed by atoms with van der Waals surface area (Å²) in [4.78, 5) is 11.9. The van der Waals surface area contributed by atoms with Gasteiger partial charge in [0.1, 0.15) is 0 Å². The van der Waals surface area contributed by atoms with Gasteiger partial charge in [0, 0.05) is 12.6 Å². The third-order valence-electron chi connectivity index (χ3n) is 3.36. The lowest BCUT2D eigenvalue weighted by Crippen LogP contribution is -2.38. The summed E-state index contributed by atoms with van der Waals surface area (Å²) in [7, 11) is 3.46. The molecule has 0 aliphatic rings. The fourth-order valence-corrected chi connectivity index (χ4v) is 1.75. The average molecular weight is 294 g/mol. The van der Waals surface area contributed by atoms with Crippen molar-refractivity contribution in [1.82, 2.24) is 10.6 Å². The van der Waals surface area contributed by atoms with Crippen LogP contribution in [-0.2, 0) is 11.3 Å². The van der Waals surface area contributed by atoms with Crippen LogP contribution in [0.2, 0.25) is 0 Å². The van der Waals surface area contributed by atoms with E-state index < -0.39 is 0 Å². The zero-order valence-electron chi connectivity index (χ0n) is 13.5. The maximum atomic E-state index is 11.9. The first-order valence-corrected chi connectivity index (χ1v) is 7.21. The molecule has 1 atom stereocenters. The minimum atomic E-state index is -0.128. The molecule has 0 aliphatic heterocycles. The molecule has 1 unspecified atom stereocenters. The third kappa shape index (κ3) is 5.63. The second-order valence-corrected chi connectivity index (χ2v) is 5.40. The van der Waals surface area contributed by atoms with Gasteiger partial charge in [-0.25, -0.2) is 0 Å². The summed E-state index contributed by atoms with van der Waals surface area (Å²) in [6.45, 7) is 6.83. The van der Waals surface area contributed by atoms with E-state index in [1.54, 1.807) is 7.11 Å². The second-order valence-electron chi connectivity index (χ2n) is 5.40. The molecule has 0 saturated carbocycles. The van der Waals surface area contributed by atoms with Gasteiger partial charge in [-0.05, 0) is 37.6 Å². The molecule has 0 saturated heterocycles. The number of carbonyl (C=O) groups is 1. The first kappa shape index (κ1) is 17.3. The summed E-state index contributed by atoms with van der Waals surface area (Å²) in [6.07, 6.45) is 0. The SMILES string of the molecule is CNCc1ccc(OC)c(OCC(=O)NC(C)C(C)C)c1. The Morgan fingerprint density at radius 3 is 2.52 bits per heavy atom. The number of nitrogens with one attached hydrogen (secondary N) is 2. The van der Waals surface area contributed by atoms with Crippen molar-refractivity contribution in [1.29, 1.82) is 0 Å². The first-order valence-electron chi connectivity index (χ1n) is 7.21. The molecule has 1 rings (SSSR count). The molecule has 0 aromatic heterocycles. The summed E-state index contributed by atoms with van der Waals surface area (Å²) in [6, 6.07) is 5.81. The maximum Gasteiger partial charge on any atom is 0.258 e. The molecule has 5 nitrogen and oxygen atoms in total. The van der Waals surface area contributed by atoms with Gasteiger partial charge in [-0.15, -0.1) is 0 Å². The zero-order chi connectivity index (χ0) is 15.8. The van der Waals surface area contributed by atoms with Crippen LogP contribution in [0.5, 0.6) is 11.5 Å². The van der Waals surface area contributed by atoms with E-state index in [1.165, 1.54) is 0 Å². The Hall–Kier alpha value is -1.75. The number of ether oxygens (including phenoxy) is 2. The van der Waals surface area contributed by atoms with Crippen molar-refractivity contribution >= 4 is 5.91 Å². The topological polar surface area (TPSA) is 59.6 Å². The van der Waals surface area contributed by atoms with E-state index in [2.05, 4.69) is 24.5 Å². The highest BCUT2D eigenvalue weighted by Gasteiger charge is 2.12. The van der Waals surface area contributed by atoms with Gasteiger partial charge in [0.2, 0.25) is 0 Å². The van der Waals surface area contributed by atoms with Crippen molar-refractivity contribution in [3.63, 3.8) is 0 Å². The van der Waals surface area contributed by atoms with Crippen LogP contribution in [0, 0.1) is 5.92 Å². The Morgan fingerprint density at radius 2 is 1.95 bits per heavy atom. The van der Waals surface area contributed by atoms with E-state index >= 15 is 0 Å². The largest absolute Gasteiger partial charge is 0.493 e. The number of rotatable bonds is 8. The Morgan fingerprint density at radius 1 is 1.24 bits per heavy atom. The van der Waals surface area contributed by atoms with E-state index in [0.29, 0.717) is 17.4 Å². The Bertz CT molecular complexity index is 461. The van der Waals surface area contributed by atoms with Crippen molar-refractivity contribution in [2.45, 2.75) is 33.4 Å². The maximum absolute atomic E-state index is 11.9. The lowest BCUT2D eigenvalue weighted by atomic mass is 10.1. The van der Waals surface area contributed by atoms with Crippen molar-refractivity contribution in [3.05, 3.63) is 23.8 Å². The number of hydrogen-bond acceptors (Lipinski definition) is 4. The molecule has 1 aromatic carbocycles. The van der Waals surface area contributed by atoms with Crippen LogP contribution in [0.4, 0.5) is 0 Å². The van der Waals surface area contributed by atoms with Gasteiger partial charge in [-0.2, -0.15) is 0 Å². The number of benzene rings is 1. The van der Waals surface area contributed by atoms with Crippen LogP contribution in [0.15, 0.2) is 18.2 Å². The first-order chi connectivity index (χ1) is 9.97. The second kappa shape index (κ2) is 8.52. The monoisotopic (exact) mass is 294 g/mol. The van der Waals surface area contributed by atoms with Gasteiger partial charge in [-0.1, -0.05) is 19.9 Å². The van der Waals surface area contributed by atoms with Crippen LogP contribution in [0.1, 0.15) is 26.3 Å². The summed E-state index contributed by atoms with van der Waals surface area (Å²) in [5, 5.41) is 5.99. The van der Waals surface area contributed by atoms with Crippen LogP contribution in [0.25, 0.3) is 0 Å². The van der Waals surface area contributed by atoms with Gasteiger partial charge in [-0.3, -0.25) is 4.79 Å². The van der Waals surface area contributed by atoms with Gasteiger partial charge in [0.15, 0.2) is 18.1 Å². The highest BCUT2D eigenvalue weighted by atomic mass is 16.5. The average Bonchev–Trinajstić information content (AvgIpc) is 2.45. The molecule has 5 heteroatoms. The van der Waals surface area contributed by atoms with Crippen molar-refractivity contribution in [3.8, 4) is 11.5 Å². The van der Waals surface area contributed by atoms with E-state index in [-0.39, 0.29) is 18.6 Å². The van der Waals surface area contributed by atoms with Gasteiger partial charge < -0.3 is 20.1 Å². The fraction of sp³-hybridized carbons (Fsp3) is 0.562. The molecule has 0 spiro atoms. The predicted octanol–water partition coefficient (Wildman–Crippen LogP) is 1.95. The normalized spacial score (nSPS) is 12.1. The molecule has 2 N–H and O–H groups in total.